The lowest BCUT2D eigenvalue weighted by atomic mass is 10.1. The summed E-state index contributed by atoms with van der Waals surface area (Å²) < 4.78 is 34.8. The number of hydrogen-bond acceptors (Lipinski definition) is 5. The Morgan fingerprint density at radius 3 is 2.39 bits per heavy atom. The summed E-state index contributed by atoms with van der Waals surface area (Å²) in [6.45, 7) is 5.69. The van der Waals surface area contributed by atoms with E-state index in [9.17, 15) is 13.2 Å². The van der Waals surface area contributed by atoms with Crippen molar-refractivity contribution < 1.29 is 17.9 Å². The van der Waals surface area contributed by atoms with E-state index >= 15 is 0 Å². The lowest BCUT2D eigenvalue weighted by Gasteiger charge is -2.28. The van der Waals surface area contributed by atoms with Crippen molar-refractivity contribution in [3.05, 3.63) is 100 Å². The fourth-order valence-corrected chi connectivity index (χ4v) is 6.92. The highest BCUT2D eigenvalue weighted by Gasteiger charge is 2.30. The zero-order chi connectivity index (χ0) is 27.0. The minimum atomic E-state index is -3.95. The number of ether oxygens (including phenoxy) is 1. The second-order valence-electron chi connectivity index (χ2n) is 9.13. The van der Waals surface area contributed by atoms with Crippen molar-refractivity contribution in [2.24, 2.45) is 0 Å². The van der Waals surface area contributed by atoms with Gasteiger partial charge < -0.3 is 9.64 Å². The first kappa shape index (κ1) is 28.0. The lowest BCUT2D eigenvalue weighted by Crippen LogP contribution is -2.43. The summed E-state index contributed by atoms with van der Waals surface area (Å²) >= 11 is 1.61. The van der Waals surface area contributed by atoms with Gasteiger partial charge in [-0.05, 0) is 54.3 Å². The summed E-state index contributed by atoms with van der Waals surface area (Å²) in [6.07, 6.45) is 0.494. The minimum absolute atomic E-state index is 0.189. The van der Waals surface area contributed by atoms with E-state index in [4.69, 9.17) is 4.74 Å². The van der Waals surface area contributed by atoms with Gasteiger partial charge in [0.2, 0.25) is 15.9 Å². The fraction of sp³-hybridized carbons (Fsp3) is 0.300. The van der Waals surface area contributed by atoms with Crippen LogP contribution in [0.15, 0.2) is 89.1 Å². The average molecular weight is 551 g/mol. The number of aryl methyl sites for hydroxylation is 1. The summed E-state index contributed by atoms with van der Waals surface area (Å²) in [5.74, 6) is -0.234. The van der Waals surface area contributed by atoms with E-state index in [1.54, 1.807) is 28.4 Å². The molecule has 3 aromatic carbocycles. The molecule has 4 rings (SSSR count). The van der Waals surface area contributed by atoms with Crippen LogP contribution < -0.4 is 0 Å². The number of carbonyl (C=O) groups excluding carboxylic acids is 1. The Morgan fingerprint density at radius 1 is 0.921 bits per heavy atom. The van der Waals surface area contributed by atoms with E-state index in [2.05, 4.69) is 0 Å². The van der Waals surface area contributed by atoms with E-state index in [0.29, 0.717) is 38.1 Å². The van der Waals surface area contributed by atoms with Gasteiger partial charge in [0, 0.05) is 36.6 Å². The molecule has 0 radical (unpaired) electrons. The number of fused-ring (bicyclic) bond motifs is 1. The van der Waals surface area contributed by atoms with Crippen molar-refractivity contribution >= 4 is 38.0 Å². The van der Waals surface area contributed by atoms with Gasteiger partial charge in [0.05, 0.1) is 18.0 Å². The van der Waals surface area contributed by atoms with Gasteiger partial charge in [-0.1, -0.05) is 66.7 Å². The van der Waals surface area contributed by atoms with Crippen LogP contribution in [0.4, 0.5) is 0 Å². The molecule has 0 aliphatic heterocycles. The normalized spacial score (nSPS) is 11.8. The van der Waals surface area contributed by atoms with Crippen LogP contribution in [-0.2, 0) is 32.6 Å². The van der Waals surface area contributed by atoms with Crippen LogP contribution in [0.25, 0.3) is 10.8 Å². The molecule has 0 bridgehead atoms. The third-order valence-corrected chi connectivity index (χ3v) is 9.36. The zero-order valence-corrected chi connectivity index (χ0v) is 23.5. The number of hydrogen-bond donors (Lipinski definition) is 0. The van der Waals surface area contributed by atoms with Gasteiger partial charge in [0.1, 0.15) is 0 Å². The van der Waals surface area contributed by atoms with E-state index < -0.39 is 10.0 Å². The van der Waals surface area contributed by atoms with Crippen molar-refractivity contribution in [3.63, 3.8) is 0 Å². The first-order valence-corrected chi connectivity index (χ1v) is 15.1. The van der Waals surface area contributed by atoms with Crippen molar-refractivity contribution in [1.29, 1.82) is 0 Å². The predicted molar refractivity (Wildman–Crippen MR) is 154 cm³/mol. The van der Waals surface area contributed by atoms with Crippen LogP contribution >= 0.6 is 11.3 Å². The molecule has 4 aromatic rings. The Kier molecular flexibility index (Phi) is 9.69. The molecule has 0 aliphatic carbocycles. The number of nitrogens with zero attached hydrogens (tertiary/aromatic N) is 2. The predicted octanol–water partition coefficient (Wildman–Crippen LogP) is 5.86. The Morgan fingerprint density at radius 2 is 1.66 bits per heavy atom. The number of amides is 1. The molecule has 0 atom stereocenters. The van der Waals surface area contributed by atoms with E-state index in [-0.39, 0.29) is 23.9 Å². The SMILES string of the molecule is CCOCCCN(CC(=O)N(Cc1ccccc1)Cc1sccc1C)S(=O)(=O)c1cccc2ccccc12. The Balaban J connectivity index is 1.64. The number of rotatable bonds is 13. The van der Waals surface area contributed by atoms with Crippen LogP contribution in [-0.4, -0.2) is 49.8 Å². The Hall–Kier alpha value is -3.04. The highest BCUT2D eigenvalue weighted by molar-refractivity contribution is 7.89. The van der Waals surface area contributed by atoms with Crippen LogP contribution in [0.5, 0.6) is 0 Å². The molecule has 6 nitrogen and oxygen atoms in total. The smallest absolute Gasteiger partial charge is 0.244 e. The van der Waals surface area contributed by atoms with E-state index in [1.165, 1.54) is 4.31 Å². The van der Waals surface area contributed by atoms with Gasteiger partial charge in [-0.15, -0.1) is 11.3 Å². The second-order valence-corrected chi connectivity index (χ2v) is 12.0. The highest BCUT2D eigenvalue weighted by atomic mass is 32.2. The summed E-state index contributed by atoms with van der Waals surface area (Å²) in [6, 6.07) is 24.5. The Bertz CT molecular complexity index is 1450. The standard InChI is InChI=1S/C30H34N2O4S2/c1-3-36-19-10-18-32(38(34,35)29-16-9-14-26-13-7-8-15-27(26)29)23-30(33)31(21-25-11-5-4-6-12-25)22-28-24(2)17-20-37-28/h4-9,11-17,20H,3,10,18-19,21-23H2,1-2H3. The van der Waals surface area contributed by atoms with Crippen LogP contribution in [0.1, 0.15) is 29.3 Å². The number of carbonyl (C=O) groups is 1. The molecule has 1 aromatic heterocycles. The molecule has 1 heterocycles. The molecule has 38 heavy (non-hydrogen) atoms. The molecule has 200 valence electrons. The van der Waals surface area contributed by atoms with Gasteiger partial charge in [-0.2, -0.15) is 4.31 Å². The maximum Gasteiger partial charge on any atom is 0.244 e. The molecular formula is C30H34N2O4S2. The summed E-state index contributed by atoms with van der Waals surface area (Å²) in [5.41, 5.74) is 2.12. The highest BCUT2D eigenvalue weighted by Crippen LogP contribution is 2.26. The Labute approximate surface area is 229 Å². The molecular weight excluding hydrogens is 516 g/mol. The minimum Gasteiger partial charge on any atom is -0.382 e. The molecule has 0 N–H and O–H groups in total. The topological polar surface area (TPSA) is 66.9 Å². The molecule has 0 aliphatic rings. The molecule has 0 saturated heterocycles. The average Bonchev–Trinajstić information content (AvgIpc) is 3.34. The quantitative estimate of drug-likeness (QED) is 0.196. The largest absolute Gasteiger partial charge is 0.382 e. The third kappa shape index (κ3) is 6.88. The lowest BCUT2D eigenvalue weighted by molar-refractivity contribution is -0.132. The van der Waals surface area contributed by atoms with Crippen LogP contribution in [0, 0.1) is 6.92 Å². The zero-order valence-electron chi connectivity index (χ0n) is 21.9. The second kappa shape index (κ2) is 13.2. The van der Waals surface area contributed by atoms with Crippen LogP contribution in [0.3, 0.4) is 0 Å². The summed E-state index contributed by atoms with van der Waals surface area (Å²) in [7, 11) is -3.95. The summed E-state index contributed by atoms with van der Waals surface area (Å²) in [5, 5.41) is 3.50. The molecule has 0 fully saturated rings. The number of thiophene rings is 1. The van der Waals surface area contributed by atoms with Gasteiger partial charge >= 0.3 is 0 Å². The first-order chi connectivity index (χ1) is 18.4. The maximum absolute atomic E-state index is 14.0. The monoisotopic (exact) mass is 550 g/mol. The van der Waals surface area contributed by atoms with Gasteiger partial charge in [0.15, 0.2) is 0 Å². The first-order valence-electron chi connectivity index (χ1n) is 12.8. The van der Waals surface area contributed by atoms with E-state index in [1.807, 2.05) is 86.0 Å². The van der Waals surface area contributed by atoms with Gasteiger partial charge in [0.25, 0.3) is 0 Å². The van der Waals surface area contributed by atoms with Crippen molar-refractivity contribution in [2.45, 2.75) is 38.3 Å². The van der Waals surface area contributed by atoms with Crippen molar-refractivity contribution in [3.8, 4) is 0 Å². The molecule has 0 unspecified atom stereocenters. The fourth-order valence-electron chi connectivity index (χ4n) is 4.36. The molecule has 8 heteroatoms. The summed E-state index contributed by atoms with van der Waals surface area (Å²) in [4.78, 5) is 16.9. The molecule has 0 spiro atoms. The third-order valence-electron chi connectivity index (χ3n) is 6.45. The van der Waals surface area contributed by atoms with E-state index in [0.717, 1.165) is 21.4 Å². The number of sulfonamides is 1. The molecule has 0 saturated carbocycles. The van der Waals surface area contributed by atoms with Crippen molar-refractivity contribution in [2.75, 3.05) is 26.3 Å². The van der Waals surface area contributed by atoms with Gasteiger partial charge in [-0.25, -0.2) is 8.42 Å². The van der Waals surface area contributed by atoms with Gasteiger partial charge in [-0.3, -0.25) is 4.79 Å². The molecule has 1 amide bonds. The number of benzene rings is 3. The maximum atomic E-state index is 14.0. The van der Waals surface area contributed by atoms with Crippen LogP contribution in [0.2, 0.25) is 0 Å². The van der Waals surface area contributed by atoms with Crippen molar-refractivity contribution in [1.82, 2.24) is 9.21 Å².